The Balaban J connectivity index is 1.88. The van der Waals surface area contributed by atoms with Crippen LogP contribution in [0.25, 0.3) is 5.69 Å². The molecule has 0 saturated heterocycles. The fraction of sp³-hybridized carbons (Fsp3) is 0.267. The zero-order valence-corrected chi connectivity index (χ0v) is 12.1. The van der Waals surface area contributed by atoms with Gasteiger partial charge >= 0.3 is 5.69 Å². The first-order chi connectivity index (χ1) is 10.2. The Bertz CT molecular complexity index is 794. The normalized spacial score (nSPS) is 11.0. The van der Waals surface area contributed by atoms with Gasteiger partial charge in [-0.05, 0) is 26.0 Å². The summed E-state index contributed by atoms with van der Waals surface area (Å²) >= 11 is 0. The Morgan fingerprint density at radius 3 is 2.57 bits per heavy atom. The first-order valence-corrected chi connectivity index (χ1v) is 6.91. The standard InChI is InChI=1S/C15H17N5O/c1-3-19-11-13(16-17-19)10-18-8-9-20(15(18)21)14-6-4-12(2)5-7-14/h4-9,11H,3,10H2,1-2H3. The Kier molecular flexibility index (Phi) is 3.43. The molecule has 0 saturated carbocycles. The molecule has 0 bridgehead atoms. The number of imidazole rings is 1. The molecule has 1 aromatic carbocycles. The molecule has 0 fully saturated rings. The fourth-order valence-electron chi connectivity index (χ4n) is 2.18. The highest BCUT2D eigenvalue weighted by molar-refractivity contribution is 5.34. The molecule has 3 rings (SSSR count). The average molecular weight is 283 g/mol. The van der Waals surface area contributed by atoms with Crippen LogP contribution in [-0.2, 0) is 13.1 Å². The third-order valence-corrected chi connectivity index (χ3v) is 3.40. The number of benzene rings is 1. The molecule has 6 heteroatoms. The van der Waals surface area contributed by atoms with E-state index in [1.807, 2.05) is 44.3 Å². The minimum absolute atomic E-state index is 0.0788. The maximum Gasteiger partial charge on any atom is 0.333 e. The number of aryl methyl sites for hydroxylation is 2. The summed E-state index contributed by atoms with van der Waals surface area (Å²) in [6.07, 6.45) is 5.40. The Labute approximate surface area is 122 Å². The maximum absolute atomic E-state index is 12.4. The van der Waals surface area contributed by atoms with Crippen molar-refractivity contribution in [2.24, 2.45) is 0 Å². The topological polar surface area (TPSA) is 57.6 Å². The summed E-state index contributed by atoms with van der Waals surface area (Å²) in [5, 5.41) is 8.04. The molecule has 21 heavy (non-hydrogen) atoms. The van der Waals surface area contributed by atoms with Crippen molar-refractivity contribution >= 4 is 0 Å². The number of hydrogen-bond acceptors (Lipinski definition) is 3. The zero-order valence-electron chi connectivity index (χ0n) is 12.1. The van der Waals surface area contributed by atoms with Crippen LogP contribution in [0.15, 0.2) is 47.7 Å². The molecule has 108 valence electrons. The van der Waals surface area contributed by atoms with Gasteiger partial charge in [0.15, 0.2) is 0 Å². The molecule has 0 radical (unpaired) electrons. The summed E-state index contributed by atoms with van der Waals surface area (Å²) in [5.41, 5.74) is 2.73. The second-order valence-electron chi connectivity index (χ2n) is 4.98. The van der Waals surface area contributed by atoms with Crippen molar-refractivity contribution < 1.29 is 0 Å². The van der Waals surface area contributed by atoms with E-state index >= 15 is 0 Å². The van der Waals surface area contributed by atoms with Crippen molar-refractivity contribution in [1.29, 1.82) is 0 Å². The summed E-state index contributed by atoms with van der Waals surface area (Å²) in [4.78, 5) is 12.4. The van der Waals surface area contributed by atoms with E-state index < -0.39 is 0 Å². The van der Waals surface area contributed by atoms with Gasteiger partial charge in [-0.3, -0.25) is 13.8 Å². The lowest BCUT2D eigenvalue weighted by Gasteiger charge is -2.02. The van der Waals surface area contributed by atoms with Crippen LogP contribution in [0.5, 0.6) is 0 Å². The van der Waals surface area contributed by atoms with Crippen molar-refractivity contribution in [3.05, 3.63) is 64.6 Å². The monoisotopic (exact) mass is 283 g/mol. The Hall–Kier alpha value is -2.63. The van der Waals surface area contributed by atoms with E-state index in [0.717, 1.165) is 17.9 Å². The van der Waals surface area contributed by atoms with Gasteiger partial charge in [0, 0.05) is 18.9 Å². The lowest BCUT2D eigenvalue weighted by Crippen LogP contribution is -2.23. The number of aromatic nitrogens is 5. The second kappa shape index (κ2) is 5.40. The van der Waals surface area contributed by atoms with Gasteiger partial charge in [-0.15, -0.1) is 5.10 Å². The van der Waals surface area contributed by atoms with Gasteiger partial charge in [0.1, 0.15) is 5.69 Å². The van der Waals surface area contributed by atoms with Crippen LogP contribution in [0.2, 0.25) is 0 Å². The third kappa shape index (κ3) is 2.65. The minimum atomic E-state index is -0.0788. The smallest absolute Gasteiger partial charge is 0.293 e. The molecule has 0 unspecified atom stereocenters. The van der Waals surface area contributed by atoms with E-state index in [9.17, 15) is 4.79 Å². The lowest BCUT2D eigenvalue weighted by atomic mass is 10.2. The van der Waals surface area contributed by atoms with Crippen LogP contribution < -0.4 is 5.69 Å². The molecule has 2 heterocycles. The first kappa shape index (κ1) is 13.4. The van der Waals surface area contributed by atoms with Crippen LogP contribution >= 0.6 is 0 Å². The maximum atomic E-state index is 12.4. The van der Waals surface area contributed by atoms with Crippen molar-refractivity contribution in [2.75, 3.05) is 0 Å². The van der Waals surface area contributed by atoms with E-state index in [4.69, 9.17) is 0 Å². The first-order valence-electron chi connectivity index (χ1n) is 6.91. The van der Waals surface area contributed by atoms with E-state index in [0.29, 0.717) is 6.54 Å². The average Bonchev–Trinajstić information content (AvgIpc) is 3.08. The van der Waals surface area contributed by atoms with Crippen LogP contribution in [0.1, 0.15) is 18.2 Å². The lowest BCUT2D eigenvalue weighted by molar-refractivity contribution is 0.626. The molecule has 0 spiro atoms. The summed E-state index contributed by atoms with van der Waals surface area (Å²) in [6.45, 7) is 5.22. The van der Waals surface area contributed by atoms with Gasteiger partial charge < -0.3 is 0 Å². The molecule has 0 amide bonds. The predicted octanol–water partition coefficient (Wildman–Crippen LogP) is 1.61. The molecule has 3 aromatic rings. The third-order valence-electron chi connectivity index (χ3n) is 3.40. The van der Waals surface area contributed by atoms with Gasteiger partial charge in [-0.2, -0.15) is 0 Å². The number of rotatable bonds is 4. The van der Waals surface area contributed by atoms with Gasteiger partial charge in [-0.25, -0.2) is 4.79 Å². The van der Waals surface area contributed by atoms with Crippen molar-refractivity contribution in [1.82, 2.24) is 24.1 Å². The van der Waals surface area contributed by atoms with Crippen molar-refractivity contribution in [3.63, 3.8) is 0 Å². The number of hydrogen-bond donors (Lipinski definition) is 0. The van der Waals surface area contributed by atoms with Crippen LogP contribution in [-0.4, -0.2) is 24.1 Å². The minimum Gasteiger partial charge on any atom is -0.293 e. The van der Waals surface area contributed by atoms with E-state index in [1.165, 1.54) is 5.56 Å². The largest absolute Gasteiger partial charge is 0.333 e. The quantitative estimate of drug-likeness (QED) is 0.731. The summed E-state index contributed by atoms with van der Waals surface area (Å²) in [5.74, 6) is 0. The van der Waals surface area contributed by atoms with Gasteiger partial charge in [0.25, 0.3) is 0 Å². The number of nitrogens with zero attached hydrogens (tertiary/aromatic N) is 5. The van der Waals surface area contributed by atoms with Crippen LogP contribution in [0.3, 0.4) is 0 Å². The van der Waals surface area contributed by atoms with Crippen molar-refractivity contribution in [3.8, 4) is 5.69 Å². The van der Waals surface area contributed by atoms with Crippen LogP contribution in [0, 0.1) is 6.92 Å². The van der Waals surface area contributed by atoms with Crippen LogP contribution in [0.4, 0.5) is 0 Å². The molecular formula is C15H17N5O. The molecule has 0 aliphatic heterocycles. The molecule has 0 N–H and O–H groups in total. The highest BCUT2D eigenvalue weighted by Gasteiger charge is 2.07. The SMILES string of the molecule is CCn1cc(Cn2ccn(-c3ccc(C)cc3)c2=O)nn1. The zero-order chi connectivity index (χ0) is 14.8. The molecule has 2 aromatic heterocycles. The highest BCUT2D eigenvalue weighted by Crippen LogP contribution is 2.07. The Morgan fingerprint density at radius 2 is 1.90 bits per heavy atom. The van der Waals surface area contributed by atoms with E-state index in [2.05, 4.69) is 10.3 Å². The molecular weight excluding hydrogens is 266 g/mol. The second-order valence-corrected chi connectivity index (χ2v) is 4.98. The van der Waals surface area contributed by atoms with E-state index in [1.54, 1.807) is 26.2 Å². The fourth-order valence-corrected chi connectivity index (χ4v) is 2.18. The van der Waals surface area contributed by atoms with E-state index in [-0.39, 0.29) is 5.69 Å². The molecule has 6 nitrogen and oxygen atoms in total. The van der Waals surface area contributed by atoms with Gasteiger partial charge in [-0.1, -0.05) is 22.9 Å². The highest BCUT2D eigenvalue weighted by atomic mass is 16.1. The summed E-state index contributed by atoms with van der Waals surface area (Å²) in [6, 6.07) is 7.86. The van der Waals surface area contributed by atoms with Gasteiger partial charge in [0.2, 0.25) is 0 Å². The van der Waals surface area contributed by atoms with Gasteiger partial charge in [0.05, 0.1) is 18.4 Å². The molecule has 0 aliphatic rings. The molecule has 0 atom stereocenters. The summed E-state index contributed by atoms with van der Waals surface area (Å²) in [7, 11) is 0. The molecule has 0 aliphatic carbocycles. The van der Waals surface area contributed by atoms with Crippen molar-refractivity contribution in [2.45, 2.75) is 26.9 Å². The summed E-state index contributed by atoms with van der Waals surface area (Å²) < 4.78 is 5.00. The predicted molar refractivity (Wildman–Crippen MR) is 79.6 cm³/mol. The Morgan fingerprint density at radius 1 is 1.14 bits per heavy atom.